The molecule has 0 spiro atoms. The molecule has 1 aromatic carbocycles. The maximum Gasteiger partial charge on any atom is 0.251 e. The highest BCUT2D eigenvalue weighted by atomic mass is 32.1. The van der Waals surface area contributed by atoms with Gasteiger partial charge in [-0.2, -0.15) is 5.10 Å². The second-order valence-corrected chi connectivity index (χ2v) is 6.93. The van der Waals surface area contributed by atoms with Crippen molar-refractivity contribution < 1.29 is 4.79 Å². The molecule has 1 amide bonds. The van der Waals surface area contributed by atoms with Crippen LogP contribution in [0, 0.1) is 13.8 Å². The second kappa shape index (κ2) is 6.57. The van der Waals surface area contributed by atoms with E-state index in [4.69, 9.17) is 0 Å². The van der Waals surface area contributed by atoms with Crippen molar-refractivity contribution in [3.8, 4) is 11.3 Å². The molecule has 0 fully saturated rings. The van der Waals surface area contributed by atoms with E-state index in [1.165, 1.54) is 0 Å². The van der Waals surface area contributed by atoms with Gasteiger partial charge >= 0.3 is 0 Å². The van der Waals surface area contributed by atoms with Crippen LogP contribution in [0.25, 0.3) is 11.3 Å². The lowest BCUT2D eigenvalue weighted by molar-refractivity contribution is 0.0940. The quantitative estimate of drug-likeness (QED) is 0.788. The van der Waals surface area contributed by atoms with Gasteiger partial charge in [0.05, 0.1) is 22.4 Å². The van der Waals surface area contributed by atoms with E-state index >= 15 is 0 Å². The first-order chi connectivity index (χ1) is 11.4. The first kappa shape index (κ1) is 16.4. The van der Waals surface area contributed by atoms with Crippen molar-refractivity contribution >= 4 is 17.2 Å². The summed E-state index contributed by atoms with van der Waals surface area (Å²) in [6, 6.07) is 7.46. The molecule has 24 heavy (non-hydrogen) atoms. The third-order valence-electron chi connectivity index (χ3n) is 3.91. The molecule has 0 bridgehead atoms. The third-order valence-corrected chi connectivity index (χ3v) is 4.68. The van der Waals surface area contributed by atoms with Gasteiger partial charge in [0.1, 0.15) is 0 Å². The lowest BCUT2D eigenvalue weighted by atomic mass is 10.1. The molecule has 0 saturated carbocycles. The molecular weight excluding hydrogens is 320 g/mol. The van der Waals surface area contributed by atoms with Crippen molar-refractivity contribution in [2.75, 3.05) is 0 Å². The Kier molecular flexibility index (Phi) is 4.49. The minimum Gasteiger partial charge on any atom is -0.345 e. The van der Waals surface area contributed by atoms with E-state index in [-0.39, 0.29) is 11.9 Å². The molecule has 0 unspecified atom stereocenters. The molecule has 3 aromatic rings. The number of amides is 1. The molecule has 1 N–H and O–H groups in total. The first-order valence-electron chi connectivity index (χ1n) is 7.77. The Morgan fingerprint density at radius 3 is 2.75 bits per heavy atom. The number of thiazole rings is 1. The van der Waals surface area contributed by atoms with Crippen LogP contribution in [0.4, 0.5) is 0 Å². The summed E-state index contributed by atoms with van der Waals surface area (Å²) in [6.45, 7) is 5.89. The Hall–Kier alpha value is -2.47. The summed E-state index contributed by atoms with van der Waals surface area (Å²) in [5.41, 5.74) is 4.45. The van der Waals surface area contributed by atoms with E-state index < -0.39 is 0 Å². The van der Waals surface area contributed by atoms with E-state index in [9.17, 15) is 4.79 Å². The highest BCUT2D eigenvalue weighted by Gasteiger charge is 2.16. The number of hydrogen-bond donors (Lipinski definition) is 1. The summed E-state index contributed by atoms with van der Waals surface area (Å²) in [5, 5.41) is 10.4. The maximum atomic E-state index is 12.6. The number of aryl methyl sites for hydroxylation is 3. The molecule has 6 heteroatoms. The summed E-state index contributed by atoms with van der Waals surface area (Å²) >= 11 is 1.60. The summed E-state index contributed by atoms with van der Waals surface area (Å²) in [5.74, 6) is -0.0976. The van der Waals surface area contributed by atoms with Gasteiger partial charge < -0.3 is 5.32 Å². The summed E-state index contributed by atoms with van der Waals surface area (Å²) < 4.78 is 1.76. The number of rotatable bonds is 4. The Morgan fingerprint density at radius 2 is 2.12 bits per heavy atom. The van der Waals surface area contributed by atoms with Crippen LogP contribution in [0.15, 0.2) is 35.8 Å². The third kappa shape index (κ3) is 3.38. The lowest BCUT2D eigenvalue weighted by Crippen LogP contribution is -2.26. The Labute approximate surface area is 145 Å². The van der Waals surface area contributed by atoms with Crippen molar-refractivity contribution in [1.82, 2.24) is 20.1 Å². The molecule has 0 aliphatic carbocycles. The topological polar surface area (TPSA) is 59.8 Å². The zero-order valence-electron chi connectivity index (χ0n) is 14.2. The van der Waals surface area contributed by atoms with Crippen molar-refractivity contribution in [2.24, 2.45) is 7.05 Å². The zero-order chi connectivity index (χ0) is 17.3. The molecule has 0 aliphatic heterocycles. The van der Waals surface area contributed by atoms with Crippen LogP contribution < -0.4 is 5.32 Å². The molecule has 2 heterocycles. The van der Waals surface area contributed by atoms with Gasteiger partial charge in [-0.1, -0.05) is 12.1 Å². The minimum atomic E-state index is -0.101. The van der Waals surface area contributed by atoms with Gasteiger partial charge in [-0.15, -0.1) is 11.3 Å². The van der Waals surface area contributed by atoms with Crippen molar-refractivity contribution in [1.29, 1.82) is 0 Å². The number of aromatic nitrogens is 3. The molecule has 0 aliphatic rings. The maximum absolute atomic E-state index is 12.6. The van der Waals surface area contributed by atoms with Gasteiger partial charge in [0.2, 0.25) is 0 Å². The van der Waals surface area contributed by atoms with Crippen molar-refractivity contribution in [2.45, 2.75) is 26.8 Å². The van der Waals surface area contributed by atoms with E-state index in [0.717, 1.165) is 27.5 Å². The Balaban J connectivity index is 1.79. The van der Waals surface area contributed by atoms with Gasteiger partial charge in [0, 0.05) is 35.3 Å². The Bertz CT molecular complexity index is 881. The van der Waals surface area contributed by atoms with Crippen LogP contribution in [0.2, 0.25) is 0 Å². The average molecular weight is 340 g/mol. The highest BCUT2D eigenvalue weighted by Crippen LogP contribution is 2.23. The van der Waals surface area contributed by atoms with Gasteiger partial charge in [-0.25, -0.2) is 4.98 Å². The fraction of sp³-hybridized carbons (Fsp3) is 0.278. The predicted octanol–water partition coefficient (Wildman–Crippen LogP) is 3.65. The van der Waals surface area contributed by atoms with Gasteiger partial charge in [0.15, 0.2) is 0 Å². The fourth-order valence-corrected chi connectivity index (χ4v) is 3.34. The molecule has 2 aromatic heterocycles. The summed E-state index contributed by atoms with van der Waals surface area (Å²) in [7, 11) is 1.88. The summed E-state index contributed by atoms with van der Waals surface area (Å²) in [6.07, 6.45) is 1.94. The molecule has 3 rings (SSSR count). The minimum absolute atomic E-state index is 0.0976. The standard InChI is InChI=1S/C18H20N4OS/c1-11(16-9-22(4)21-12(16)2)19-18(23)15-7-5-6-14(8-15)17-10-24-13(3)20-17/h5-11H,1-4H3,(H,19,23)/t11-/m1/s1. The SMILES string of the molecule is Cc1nc(-c2cccc(C(=O)N[C@H](C)c3cn(C)nc3C)c2)cs1. The summed E-state index contributed by atoms with van der Waals surface area (Å²) in [4.78, 5) is 17.1. The number of hydrogen-bond acceptors (Lipinski definition) is 4. The number of carbonyl (C=O) groups is 1. The molecule has 0 saturated heterocycles. The monoisotopic (exact) mass is 340 g/mol. The molecular formula is C18H20N4OS. The fourth-order valence-electron chi connectivity index (χ4n) is 2.72. The van der Waals surface area contributed by atoms with Crippen LogP contribution in [-0.2, 0) is 7.05 Å². The normalized spacial score (nSPS) is 12.2. The van der Waals surface area contributed by atoms with E-state index in [1.807, 2.05) is 63.7 Å². The number of benzene rings is 1. The van der Waals surface area contributed by atoms with Crippen LogP contribution in [0.1, 0.15) is 39.6 Å². The van der Waals surface area contributed by atoms with Gasteiger partial charge in [-0.3, -0.25) is 9.48 Å². The molecule has 0 radical (unpaired) electrons. The lowest BCUT2D eigenvalue weighted by Gasteiger charge is -2.13. The Morgan fingerprint density at radius 1 is 1.33 bits per heavy atom. The zero-order valence-corrected chi connectivity index (χ0v) is 15.0. The van der Waals surface area contributed by atoms with Crippen molar-refractivity contribution in [3.05, 3.63) is 57.7 Å². The van der Waals surface area contributed by atoms with Crippen LogP contribution in [0.3, 0.4) is 0 Å². The van der Waals surface area contributed by atoms with Crippen LogP contribution >= 0.6 is 11.3 Å². The van der Waals surface area contributed by atoms with Gasteiger partial charge in [0.25, 0.3) is 5.91 Å². The van der Waals surface area contributed by atoms with Crippen LogP contribution in [0.5, 0.6) is 0 Å². The predicted molar refractivity (Wildman–Crippen MR) is 96.1 cm³/mol. The van der Waals surface area contributed by atoms with Gasteiger partial charge in [-0.05, 0) is 32.9 Å². The number of nitrogens with one attached hydrogen (secondary N) is 1. The second-order valence-electron chi connectivity index (χ2n) is 5.87. The average Bonchev–Trinajstić information content (AvgIpc) is 3.12. The van der Waals surface area contributed by atoms with Crippen LogP contribution in [-0.4, -0.2) is 20.7 Å². The smallest absolute Gasteiger partial charge is 0.251 e. The van der Waals surface area contributed by atoms with E-state index in [2.05, 4.69) is 15.4 Å². The number of carbonyl (C=O) groups excluding carboxylic acids is 1. The number of nitrogens with zero attached hydrogens (tertiary/aromatic N) is 3. The van der Waals surface area contributed by atoms with E-state index in [1.54, 1.807) is 16.0 Å². The van der Waals surface area contributed by atoms with E-state index in [0.29, 0.717) is 5.56 Å². The largest absolute Gasteiger partial charge is 0.345 e. The molecule has 5 nitrogen and oxygen atoms in total. The first-order valence-corrected chi connectivity index (χ1v) is 8.65. The molecule has 1 atom stereocenters. The highest BCUT2D eigenvalue weighted by molar-refractivity contribution is 7.09. The molecule has 124 valence electrons. The van der Waals surface area contributed by atoms with Crippen molar-refractivity contribution in [3.63, 3.8) is 0 Å².